The van der Waals surface area contributed by atoms with E-state index >= 15 is 0 Å². The number of carboxylic acid groups (broad SMARTS) is 2. The van der Waals surface area contributed by atoms with Crippen molar-refractivity contribution < 1.29 is 29.4 Å². The molecule has 0 spiro atoms. The Morgan fingerprint density at radius 3 is 2.00 bits per heavy atom. The highest BCUT2D eigenvalue weighted by molar-refractivity contribution is 5.87. The molecule has 0 unspecified atom stereocenters. The van der Waals surface area contributed by atoms with E-state index in [4.69, 9.17) is 10.2 Å². The fourth-order valence-corrected chi connectivity index (χ4v) is 2.16. The van der Waals surface area contributed by atoms with Crippen LogP contribution in [0.1, 0.15) is 44.2 Å². The van der Waals surface area contributed by atoms with Gasteiger partial charge in [0.25, 0.3) is 0 Å². The zero-order valence-corrected chi connectivity index (χ0v) is 13.9. The molecule has 2 atom stereocenters. The lowest BCUT2D eigenvalue weighted by Crippen LogP contribution is -2.41. The number of hydrogen-bond acceptors (Lipinski definition) is 4. The largest absolute Gasteiger partial charge is 0.481 e. The highest BCUT2D eigenvalue weighted by atomic mass is 16.4. The summed E-state index contributed by atoms with van der Waals surface area (Å²) in [5.41, 5.74) is 0.930. The number of amides is 2. The summed E-state index contributed by atoms with van der Waals surface area (Å²) in [6, 6.07) is 7.83. The molecule has 0 aliphatic rings. The molecule has 8 nitrogen and oxygen atoms in total. The summed E-state index contributed by atoms with van der Waals surface area (Å²) in [4.78, 5) is 45.1. The van der Waals surface area contributed by atoms with E-state index in [9.17, 15) is 19.2 Å². The monoisotopic (exact) mass is 350 g/mol. The summed E-state index contributed by atoms with van der Waals surface area (Å²) in [7, 11) is 0. The van der Waals surface area contributed by atoms with Gasteiger partial charge in [-0.1, -0.05) is 30.3 Å². The molecule has 1 aromatic carbocycles. The van der Waals surface area contributed by atoms with E-state index in [1.54, 1.807) is 0 Å². The molecule has 0 aliphatic carbocycles. The van der Waals surface area contributed by atoms with E-state index in [0.29, 0.717) is 0 Å². The minimum atomic E-state index is -1.31. The minimum Gasteiger partial charge on any atom is -0.481 e. The van der Waals surface area contributed by atoms with Crippen molar-refractivity contribution in [2.75, 3.05) is 0 Å². The molecule has 4 N–H and O–H groups in total. The Hall–Kier alpha value is -2.90. The van der Waals surface area contributed by atoms with Crippen LogP contribution in [0.25, 0.3) is 0 Å². The zero-order valence-electron chi connectivity index (χ0n) is 13.9. The van der Waals surface area contributed by atoms with Gasteiger partial charge in [0.05, 0.1) is 6.04 Å². The summed E-state index contributed by atoms with van der Waals surface area (Å²) < 4.78 is 0. The molecule has 0 aromatic heterocycles. The van der Waals surface area contributed by atoms with Gasteiger partial charge in [-0.2, -0.15) is 0 Å². The van der Waals surface area contributed by atoms with Crippen molar-refractivity contribution in [3.63, 3.8) is 0 Å². The molecule has 0 saturated carbocycles. The first-order valence-electron chi connectivity index (χ1n) is 7.88. The molecular weight excluding hydrogens is 328 g/mol. The van der Waals surface area contributed by atoms with E-state index in [1.165, 1.54) is 0 Å². The molecule has 0 radical (unpaired) electrons. The van der Waals surface area contributed by atoms with Gasteiger partial charge in [0.2, 0.25) is 11.8 Å². The quantitative estimate of drug-likeness (QED) is 0.499. The first-order chi connectivity index (χ1) is 11.8. The molecule has 2 amide bonds. The van der Waals surface area contributed by atoms with Crippen molar-refractivity contribution in [1.82, 2.24) is 10.6 Å². The molecule has 136 valence electrons. The van der Waals surface area contributed by atoms with Gasteiger partial charge in [-0.15, -0.1) is 0 Å². The van der Waals surface area contributed by atoms with Crippen LogP contribution < -0.4 is 10.6 Å². The summed E-state index contributed by atoms with van der Waals surface area (Å²) in [5.74, 6) is -3.39. The van der Waals surface area contributed by atoms with Crippen LogP contribution in [0.4, 0.5) is 0 Å². The number of carboxylic acids is 2. The van der Waals surface area contributed by atoms with Crippen LogP contribution in [-0.4, -0.2) is 40.0 Å². The Bertz CT molecular complexity index is 617. The number of nitrogens with one attached hydrogen (secondary N) is 2. The first-order valence-corrected chi connectivity index (χ1v) is 7.88. The Labute approximate surface area is 145 Å². The van der Waals surface area contributed by atoms with Crippen LogP contribution in [-0.2, 0) is 19.2 Å². The summed E-state index contributed by atoms with van der Waals surface area (Å²) in [6.45, 7) is 1.82. The van der Waals surface area contributed by atoms with Gasteiger partial charge in [0.15, 0.2) is 0 Å². The van der Waals surface area contributed by atoms with Gasteiger partial charge in [-0.25, -0.2) is 4.79 Å². The summed E-state index contributed by atoms with van der Waals surface area (Å²) >= 11 is 0. The zero-order chi connectivity index (χ0) is 18.8. The van der Waals surface area contributed by atoms with Gasteiger partial charge in [0.1, 0.15) is 6.04 Å². The van der Waals surface area contributed by atoms with Gasteiger partial charge < -0.3 is 20.8 Å². The predicted molar refractivity (Wildman–Crippen MR) is 88.7 cm³/mol. The number of rotatable bonds is 10. The normalized spacial score (nSPS) is 12.7. The summed E-state index contributed by atoms with van der Waals surface area (Å²) in [6.07, 6.45) is -0.849. The third-order valence-electron chi connectivity index (χ3n) is 3.54. The topological polar surface area (TPSA) is 133 Å². The lowest BCUT2D eigenvalue weighted by Gasteiger charge is -2.15. The second-order valence-electron chi connectivity index (χ2n) is 5.59. The van der Waals surface area contributed by atoms with E-state index in [-0.39, 0.29) is 37.6 Å². The van der Waals surface area contributed by atoms with Crippen molar-refractivity contribution in [3.05, 3.63) is 35.9 Å². The predicted octanol–water partition coefficient (Wildman–Crippen LogP) is 1.08. The molecule has 0 fully saturated rings. The smallest absolute Gasteiger partial charge is 0.326 e. The van der Waals surface area contributed by atoms with Crippen LogP contribution in [0.15, 0.2) is 30.3 Å². The molecule has 8 heteroatoms. The first kappa shape index (κ1) is 20.1. The van der Waals surface area contributed by atoms with Crippen LogP contribution >= 0.6 is 0 Å². The maximum atomic E-state index is 11.9. The van der Waals surface area contributed by atoms with Gasteiger partial charge in [-0.05, 0) is 18.9 Å². The van der Waals surface area contributed by atoms with Crippen LogP contribution in [0, 0.1) is 0 Å². The average molecular weight is 350 g/mol. The number of aliphatic carboxylic acids is 2. The number of carbonyl (C=O) groups excluding carboxylic acids is 2. The molecule has 0 aliphatic heterocycles. The molecule has 0 heterocycles. The highest BCUT2D eigenvalue weighted by Gasteiger charge is 2.21. The van der Waals surface area contributed by atoms with Crippen molar-refractivity contribution >= 4 is 23.8 Å². The van der Waals surface area contributed by atoms with Gasteiger partial charge in [0, 0.05) is 19.3 Å². The Morgan fingerprint density at radius 1 is 0.920 bits per heavy atom. The minimum absolute atomic E-state index is 0.0890. The van der Waals surface area contributed by atoms with Crippen molar-refractivity contribution in [3.8, 4) is 0 Å². The molecule has 1 rings (SSSR count). The van der Waals surface area contributed by atoms with Crippen LogP contribution in [0.3, 0.4) is 0 Å². The molecule has 0 bridgehead atoms. The second kappa shape index (κ2) is 10.1. The molecule has 0 saturated heterocycles. The number of hydrogen-bond donors (Lipinski definition) is 4. The maximum absolute atomic E-state index is 11.9. The summed E-state index contributed by atoms with van der Waals surface area (Å²) in [5, 5.41) is 22.5. The van der Waals surface area contributed by atoms with Gasteiger partial charge in [-0.3, -0.25) is 14.4 Å². The Balaban J connectivity index is 2.40. The van der Waals surface area contributed by atoms with Gasteiger partial charge >= 0.3 is 11.9 Å². The fraction of sp³-hybridized carbons (Fsp3) is 0.412. The maximum Gasteiger partial charge on any atom is 0.326 e. The number of carbonyl (C=O) groups is 4. The molecule has 25 heavy (non-hydrogen) atoms. The Morgan fingerprint density at radius 2 is 1.48 bits per heavy atom. The third kappa shape index (κ3) is 7.96. The molecular formula is C17H22N2O6. The van der Waals surface area contributed by atoms with Crippen molar-refractivity contribution in [2.45, 2.75) is 44.7 Å². The standard InChI is InChI=1S/C17H22N2O6/c1-11(12-5-3-2-4-6-12)18-14(20)8-9-15(21)19-13(17(24)25)7-10-16(22)23/h2-6,11,13H,7-10H2,1H3,(H,18,20)(H,19,21)(H,22,23)(H,24,25)/t11-,13+/m1/s1. The highest BCUT2D eigenvalue weighted by Crippen LogP contribution is 2.11. The van der Waals surface area contributed by atoms with E-state index in [2.05, 4.69) is 10.6 Å². The van der Waals surface area contributed by atoms with Crippen LogP contribution in [0.2, 0.25) is 0 Å². The van der Waals surface area contributed by atoms with Crippen molar-refractivity contribution in [1.29, 1.82) is 0 Å². The van der Waals surface area contributed by atoms with E-state index in [1.807, 2.05) is 37.3 Å². The van der Waals surface area contributed by atoms with E-state index < -0.39 is 23.9 Å². The van der Waals surface area contributed by atoms with E-state index in [0.717, 1.165) is 5.56 Å². The lowest BCUT2D eigenvalue weighted by atomic mass is 10.1. The van der Waals surface area contributed by atoms with Crippen molar-refractivity contribution in [2.24, 2.45) is 0 Å². The fourth-order valence-electron chi connectivity index (χ4n) is 2.16. The number of benzene rings is 1. The average Bonchev–Trinajstić information content (AvgIpc) is 2.57. The lowest BCUT2D eigenvalue weighted by molar-refractivity contribution is -0.143. The molecule has 1 aromatic rings. The third-order valence-corrected chi connectivity index (χ3v) is 3.54. The van der Waals surface area contributed by atoms with Crippen LogP contribution in [0.5, 0.6) is 0 Å². The second-order valence-corrected chi connectivity index (χ2v) is 5.59. The Kier molecular flexibility index (Phi) is 8.11. The SMILES string of the molecule is C[C@@H](NC(=O)CCC(=O)N[C@@H](CCC(=O)O)C(=O)O)c1ccccc1.